The molecule has 100 valence electrons. The highest BCUT2D eigenvalue weighted by Gasteiger charge is 2.17. The number of rotatable bonds is 5. The maximum absolute atomic E-state index is 11.0. The van der Waals surface area contributed by atoms with Crippen molar-refractivity contribution in [1.82, 2.24) is 0 Å². The largest absolute Gasteiger partial charge is 0.330 e. The third-order valence-electron chi connectivity index (χ3n) is 3.38. The number of hydrogen-bond acceptors (Lipinski definition) is 3. The Labute approximate surface area is 112 Å². The number of allylic oxidation sites excluding steroid dienone is 4. The highest BCUT2D eigenvalue weighted by atomic mass is 16.6. The van der Waals surface area contributed by atoms with Crippen LogP contribution in [0.25, 0.3) is 5.57 Å². The Morgan fingerprint density at radius 1 is 1.37 bits per heavy atom. The zero-order chi connectivity index (χ0) is 13.7. The third kappa shape index (κ3) is 3.29. The predicted octanol–water partition coefficient (Wildman–Crippen LogP) is 3.29. The normalized spacial score (nSPS) is 18.2. The highest BCUT2D eigenvalue weighted by Crippen LogP contribution is 2.31. The number of nitrogens with zero attached hydrogens (tertiary/aromatic N) is 1. The molecule has 2 rings (SSSR count). The van der Waals surface area contributed by atoms with Gasteiger partial charge in [0.15, 0.2) is 0 Å². The van der Waals surface area contributed by atoms with Crippen molar-refractivity contribution in [2.75, 3.05) is 6.54 Å². The van der Waals surface area contributed by atoms with Crippen LogP contribution in [0.5, 0.6) is 0 Å². The molecule has 0 spiro atoms. The van der Waals surface area contributed by atoms with E-state index in [1.165, 1.54) is 0 Å². The van der Waals surface area contributed by atoms with E-state index < -0.39 is 0 Å². The number of para-hydroxylation sites is 1. The van der Waals surface area contributed by atoms with Crippen molar-refractivity contribution in [1.29, 1.82) is 0 Å². The van der Waals surface area contributed by atoms with Gasteiger partial charge in [-0.25, -0.2) is 0 Å². The molecule has 0 fully saturated rings. The number of nitrogens with two attached hydrogens (primary N) is 1. The fourth-order valence-electron chi connectivity index (χ4n) is 2.34. The summed E-state index contributed by atoms with van der Waals surface area (Å²) in [6, 6.07) is 6.87. The second kappa shape index (κ2) is 6.29. The first-order valence-electron chi connectivity index (χ1n) is 6.54. The van der Waals surface area contributed by atoms with E-state index in [9.17, 15) is 10.1 Å². The van der Waals surface area contributed by atoms with Gasteiger partial charge in [-0.3, -0.25) is 10.1 Å². The fraction of sp³-hybridized carbons (Fsp3) is 0.333. The molecule has 0 saturated heterocycles. The van der Waals surface area contributed by atoms with Gasteiger partial charge in [-0.15, -0.1) is 0 Å². The Morgan fingerprint density at radius 2 is 2.16 bits per heavy atom. The quantitative estimate of drug-likeness (QED) is 0.650. The van der Waals surface area contributed by atoms with E-state index in [1.54, 1.807) is 18.2 Å². The third-order valence-corrected chi connectivity index (χ3v) is 3.38. The van der Waals surface area contributed by atoms with Crippen molar-refractivity contribution in [3.8, 4) is 0 Å². The van der Waals surface area contributed by atoms with E-state index >= 15 is 0 Å². The average molecular weight is 258 g/mol. The van der Waals surface area contributed by atoms with Crippen molar-refractivity contribution in [3.05, 3.63) is 58.2 Å². The van der Waals surface area contributed by atoms with Crippen LogP contribution in [-0.4, -0.2) is 11.5 Å². The second-order valence-corrected chi connectivity index (χ2v) is 4.72. The molecule has 0 amide bonds. The summed E-state index contributed by atoms with van der Waals surface area (Å²) in [5, 5.41) is 11.0. The molecule has 4 heteroatoms. The molecule has 19 heavy (non-hydrogen) atoms. The summed E-state index contributed by atoms with van der Waals surface area (Å²) in [6.45, 7) is 0.713. The van der Waals surface area contributed by atoms with Crippen LogP contribution >= 0.6 is 0 Å². The molecule has 1 aliphatic carbocycles. The van der Waals surface area contributed by atoms with Crippen LogP contribution in [-0.2, 0) is 0 Å². The topological polar surface area (TPSA) is 69.2 Å². The van der Waals surface area contributed by atoms with E-state index in [1.807, 2.05) is 12.1 Å². The lowest BCUT2D eigenvalue weighted by Crippen LogP contribution is -2.05. The van der Waals surface area contributed by atoms with Crippen LogP contribution in [0.3, 0.4) is 0 Å². The van der Waals surface area contributed by atoms with Crippen LogP contribution in [0.2, 0.25) is 0 Å². The number of benzene rings is 1. The van der Waals surface area contributed by atoms with Crippen LogP contribution < -0.4 is 5.73 Å². The van der Waals surface area contributed by atoms with Gasteiger partial charge < -0.3 is 5.73 Å². The van der Waals surface area contributed by atoms with Crippen LogP contribution in [0.4, 0.5) is 5.69 Å². The lowest BCUT2D eigenvalue weighted by Gasteiger charge is -2.15. The van der Waals surface area contributed by atoms with Gasteiger partial charge in [-0.2, -0.15) is 0 Å². The molecule has 0 aromatic heterocycles. The van der Waals surface area contributed by atoms with Crippen LogP contribution in [0, 0.1) is 16.0 Å². The van der Waals surface area contributed by atoms with Crippen molar-refractivity contribution < 1.29 is 4.92 Å². The SMILES string of the molecule is NCCCC1C=CC(c2ccccc2[N+](=O)[O-])=CC1. The van der Waals surface area contributed by atoms with Crippen LogP contribution in [0.15, 0.2) is 42.5 Å². The lowest BCUT2D eigenvalue weighted by molar-refractivity contribution is -0.385. The summed E-state index contributed by atoms with van der Waals surface area (Å²) in [6.07, 6.45) is 9.24. The number of hydrogen-bond donors (Lipinski definition) is 1. The Morgan fingerprint density at radius 3 is 2.79 bits per heavy atom. The average Bonchev–Trinajstić information content (AvgIpc) is 2.45. The molecule has 4 nitrogen and oxygen atoms in total. The van der Waals surface area contributed by atoms with E-state index in [-0.39, 0.29) is 10.6 Å². The van der Waals surface area contributed by atoms with Crippen LogP contribution in [0.1, 0.15) is 24.8 Å². The summed E-state index contributed by atoms with van der Waals surface area (Å²) < 4.78 is 0. The second-order valence-electron chi connectivity index (χ2n) is 4.72. The molecule has 0 radical (unpaired) electrons. The molecule has 0 bridgehead atoms. The van der Waals surface area contributed by atoms with Gasteiger partial charge in [0.2, 0.25) is 0 Å². The monoisotopic (exact) mass is 258 g/mol. The minimum Gasteiger partial charge on any atom is -0.330 e. The molecule has 1 aromatic rings. The summed E-state index contributed by atoms with van der Waals surface area (Å²) in [4.78, 5) is 10.7. The van der Waals surface area contributed by atoms with Crippen molar-refractivity contribution in [2.45, 2.75) is 19.3 Å². The lowest BCUT2D eigenvalue weighted by atomic mass is 9.90. The molecule has 1 aromatic carbocycles. The van der Waals surface area contributed by atoms with Crippen molar-refractivity contribution in [3.63, 3.8) is 0 Å². The zero-order valence-electron chi connectivity index (χ0n) is 10.8. The minimum atomic E-state index is -0.329. The van der Waals surface area contributed by atoms with Gasteiger partial charge in [0.25, 0.3) is 5.69 Å². The first-order chi connectivity index (χ1) is 9.22. The van der Waals surface area contributed by atoms with Gasteiger partial charge >= 0.3 is 0 Å². The first kappa shape index (κ1) is 13.5. The zero-order valence-corrected chi connectivity index (χ0v) is 10.8. The van der Waals surface area contributed by atoms with Crippen molar-refractivity contribution in [2.24, 2.45) is 11.7 Å². The van der Waals surface area contributed by atoms with E-state index in [2.05, 4.69) is 12.2 Å². The summed E-state index contributed by atoms with van der Waals surface area (Å²) in [5.41, 5.74) is 7.30. The molecule has 2 N–H and O–H groups in total. The standard InChI is InChI=1S/C15H18N2O2/c16-11-3-4-12-7-9-13(10-8-12)14-5-1-2-6-15(14)17(18)19/h1-2,5-7,9-10,12H,3-4,8,11,16H2. The van der Waals surface area contributed by atoms with E-state index in [0.717, 1.165) is 24.8 Å². The Balaban J connectivity index is 2.15. The molecular weight excluding hydrogens is 240 g/mol. The Bertz CT molecular complexity index is 521. The molecule has 1 atom stereocenters. The first-order valence-corrected chi connectivity index (χ1v) is 6.54. The molecule has 0 aliphatic heterocycles. The van der Waals surface area contributed by atoms with E-state index in [4.69, 9.17) is 5.73 Å². The summed E-state index contributed by atoms with van der Waals surface area (Å²) in [7, 11) is 0. The Kier molecular flexibility index (Phi) is 4.47. The van der Waals surface area contributed by atoms with E-state index in [0.29, 0.717) is 18.0 Å². The minimum absolute atomic E-state index is 0.166. The smallest absolute Gasteiger partial charge is 0.277 e. The molecule has 1 unspecified atom stereocenters. The molecule has 0 heterocycles. The molecular formula is C15H18N2O2. The van der Waals surface area contributed by atoms with Gasteiger partial charge in [0.1, 0.15) is 0 Å². The number of nitro benzene ring substituents is 1. The highest BCUT2D eigenvalue weighted by molar-refractivity contribution is 5.80. The Hall–Kier alpha value is -1.94. The summed E-state index contributed by atoms with van der Waals surface area (Å²) >= 11 is 0. The maximum atomic E-state index is 11.0. The van der Waals surface area contributed by atoms with Crippen molar-refractivity contribution >= 4 is 11.3 Å². The van der Waals surface area contributed by atoms with Gasteiger partial charge in [0.05, 0.1) is 10.5 Å². The van der Waals surface area contributed by atoms with Gasteiger partial charge in [-0.1, -0.05) is 30.4 Å². The van der Waals surface area contributed by atoms with Gasteiger partial charge in [-0.05, 0) is 43.4 Å². The van der Waals surface area contributed by atoms with Gasteiger partial charge in [0, 0.05) is 6.07 Å². The predicted molar refractivity (Wildman–Crippen MR) is 76.6 cm³/mol. The molecule has 0 saturated carbocycles. The summed E-state index contributed by atoms with van der Waals surface area (Å²) in [5.74, 6) is 0.509. The molecule has 1 aliphatic rings. The maximum Gasteiger partial charge on any atom is 0.277 e. The fourth-order valence-corrected chi connectivity index (χ4v) is 2.34. The number of nitro groups is 1.